The van der Waals surface area contributed by atoms with Crippen molar-refractivity contribution in [2.75, 3.05) is 0 Å². The number of nitrogens with zero attached hydrogens (tertiary/aromatic N) is 1. The van der Waals surface area contributed by atoms with Crippen LogP contribution in [0, 0.1) is 0 Å². The zero-order valence-electron chi connectivity index (χ0n) is 13.2. The third-order valence-corrected chi connectivity index (χ3v) is 65.0. The first kappa shape index (κ1) is 9.55. The Morgan fingerprint density at radius 1 is 1.00 bits per heavy atom. The summed E-state index contributed by atoms with van der Waals surface area (Å²) in [5, 5.41) is 0. The molecule has 22 heavy (non-hydrogen) atoms. The van der Waals surface area contributed by atoms with Gasteiger partial charge in [0.2, 0.25) is 0 Å². The summed E-state index contributed by atoms with van der Waals surface area (Å²) in [6.07, 6.45) is 2.09. The van der Waals surface area contributed by atoms with Crippen LogP contribution in [0.15, 0.2) is 18.3 Å². The van der Waals surface area contributed by atoms with E-state index in [-0.39, 0.29) is 5.41 Å². The normalized spacial score (nSPS) is 96.0. The SMILES string of the molecule is CC(C)(C)c1cccnc1P[C]12[CH]3[CH]4[CH]5[CH]1[Fe]45321678[CH]2[CH]1[CH]6[CH]7[CH]28. The fourth-order valence-electron chi connectivity index (χ4n) is 17.8. The zero-order valence-corrected chi connectivity index (χ0v) is 15.3. The summed E-state index contributed by atoms with van der Waals surface area (Å²) in [7, 11) is 1.14. The quantitative estimate of drug-likeness (QED) is 0.541. The van der Waals surface area contributed by atoms with E-state index in [1.165, 1.54) is 43.3 Å². The molecule has 0 N–H and O–H groups in total. The van der Waals surface area contributed by atoms with Gasteiger partial charge in [0, 0.05) is 0 Å². The van der Waals surface area contributed by atoms with Crippen LogP contribution < -0.4 is 5.44 Å². The van der Waals surface area contributed by atoms with Crippen molar-refractivity contribution in [3.8, 4) is 0 Å². The van der Waals surface area contributed by atoms with Gasteiger partial charge < -0.3 is 0 Å². The predicted molar refractivity (Wildman–Crippen MR) is 87.4 cm³/mol. The predicted octanol–water partition coefficient (Wildman–Crippen LogP) is 4.98. The van der Waals surface area contributed by atoms with E-state index in [2.05, 4.69) is 39.1 Å². The summed E-state index contributed by atoms with van der Waals surface area (Å²) in [4.78, 5) is 18.1. The molecular formula is C19H22FeNP. The Balaban J connectivity index is 1.26. The van der Waals surface area contributed by atoms with E-state index in [0.717, 1.165) is 12.6 Å². The van der Waals surface area contributed by atoms with Crippen LogP contribution in [-0.2, 0) is 11.9 Å². The van der Waals surface area contributed by atoms with Crippen molar-refractivity contribution in [3.05, 3.63) is 23.9 Å². The van der Waals surface area contributed by atoms with Crippen LogP contribution in [0.25, 0.3) is 0 Å². The van der Waals surface area contributed by atoms with Crippen molar-refractivity contribution in [3.63, 3.8) is 0 Å². The molecule has 11 rings (SSSR count). The minimum atomic E-state index is -2.89. The van der Waals surface area contributed by atoms with Crippen molar-refractivity contribution in [2.24, 2.45) is 0 Å². The van der Waals surface area contributed by atoms with Gasteiger partial charge in [-0.1, -0.05) is 0 Å². The Morgan fingerprint density at radius 3 is 2.00 bits per heavy atom. The van der Waals surface area contributed by atoms with Gasteiger partial charge in [-0.25, -0.2) is 0 Å². The maximum absolute atomic E-state index is 4.99. The van der Waals surface area contributed by atoms with Gasteiger partial charge in [0.25, 0.3) is 0 Å². The summed E-state index contributed by atoms with van der Waals surface area (Å²) in [5.41, 5.74) is 3.40. The standard InChI is InChI=1S/C14H17NP.C5H5.Fe/c1-14(2,3)12-9-6-10-15-13(12)16-11-7-4-5-8-11;1-2-4-5-3-1;/h4-10,16H,1-3H3;1-5H;. The number of hydrogen-bond donors (Lipinski definition) is 0. The van der Waals surface area contributed by atoms with Crippen molar-refractivity contribution >= 4 is 14.0 Å². The van der Waals surface area contributed by atoms with Crippen LogP contribution in [0.2, 0.25) is 43.3 Å². The third-order valence-electron chi connectivity index (χ3n) is 16.6. The molecule has 3 heteroatoms. The minimum absolute atomic E-state index is 0.269. The topological polar surface area (TPSA) is 12.9 Å². The van der Waals surface area contributed by atoms with Gasteiger partial charge in [0.1, 0.15) is 0 Å². The van der Waals surface area contributed by atoms with E-state index >= 15 is 0 Å². The van der Waals surface area contributed by atoms with Gasteiger partial charge in [-0.05, 0) is 0 Å². The molecule has 11 heterocycles. The van der Waals surface area contributed by atoms with Gasteiger partial charge in [-0.3, -0.25) is 0 Å². The molecule has 0 bridgehead atoms. The van der Waals surface area contributed by atoms with Crippen LogP contribution >= 0.6 is 8.58 Å². The first-order chi connectivity index (χ1) is 10.2. The van der Waals surface area contributed by atoms with E-state index < -0.39 is 6.51 Å². The molecule has 0 amide bonds. The molecule has 1 nitrogen and oxygen atoms in total. The second-order valence-corrected chi connectivity index (χ2v) is 39.0. The van der Waals surface area contributed by atoms with E-state index in [9.17, 15) is 0 Å². The molecule has 116 valence electrons. The monoisotopic (exact) mass is 351 g/mol. The number of aromatic nitrogens is 1. The van der Waals surface area contributed by atoms with E-state index in [0.29, 0.717) is 0 Å². The Kier molecular flexibility index (Phi) is 0.409. The molecule has 10 fully saturated rings. The molecule has 1 aromatic rings. The molecule has 10 aliphatic heterocycles. The van der Waals surface area contributed by atoms with Gasteiger partial charge >= 0.3 is 123 Å². The fraction of sp³-hybridized carbons (Fsp3) is 0.737. The van der Waals surface area contributed by atoms with E-state index in [1.807, 2.05) is 0 Å². The molecule has 10 aliphatic rings. The van der Waals surface area contributed by atoms with E-state index in [4.69, 9.17) is 4.98 Å². The summed E-state index contributed by atoms with van der Waals surface area (Å²) in [5.74, 6) is 0. The van der Waals surface area contributed by atoms with Crippen LogP contribution in [0.3, 0.4) is 0 Å². The van der Waals surface area contributed by atoms with Crippen molar-refractivity contribution in [1.82, 2.24) is 4.98 Å². The van der Waals surface area contributed by atoms with Gasteiger partial charge in [-0.2, -0.15) is 0 Å². The number of pyridine rings is 1. The second kappa shape index (κ2) is 0.943. The van der Waals surface area contributed by atoms with Crippen LogP contribution in [-0.4, -0.2) is 9.04 Å². The molecule has 1 spiro atoms. The molecule has 10 saturated heterocycles. The van der Waals surface area contributed by atoms with Crippen molar-refractivity contribution in [1.29, 1.82) is 0 Å². The summed E-state index contributed by atoms with van der Waals surface area (Å²) in [6, 6.07) is 4.56. The number of fused-ring (bicyclic) bond motifs is 10. The summed E-state index contributed by atoms with van der Waals surface area (Å²) in [6.45, 7) is 4.27. The Bertz CT molecular complexity index is 1190. The van der Waals surface area contributed by atoms with Gasteiger partial charge in [0.05, 0.1) is 0 Å². The van der Waals surface area contributed by atoms with Crippen LogP contribution in [0.5, 0.6) is 0 Å². The first-order valence-electron chi connectivity index (χ1n) is 9.20. The number of hydrogen-bond acceptors (Lipinski definition) is 1. The summed E-state index contributed by atoms with van der Waals surface area (Å²) < 4.78 is 1.02. The third kappa shape index (κ3) is 0.133. The Morgan fingerprint density at radius 2 is 1.59 bits per heavy atom. The van der Waals surface area contributed by atoms with Crippen LogP contribution in [0.1, 0.15) is 26.3 Å². The Hall–Kier alpha value is 0.0995. The average Bonchev–Trinajstić information content (AvgIpc) is 3.41. The van der Waals surface area contributed by atoms with Gasteiger partial charge in [-0.15, -0.1) is 0 Å². The molecular weight excluding hydrogens is 329 g/mol. The maximum atomic E-state index is 4.99. The van der Waals surface area contributed by atoms with Crippen molar-refractivity contribution < 1.29 is 6.51 Å². The first-order valence-corrected chi connectivity index (χ1v) is 16.5. The average molecular weight is 351 g/mol. The fourth-order valence-corrected chi connectivity index (χ4v) is 104. The molecule has 0 saturated carbocycles. The molecule has 5 unspecified atom stereocenters. The molecule has 5 atom stereocenters. The number of rotatable bonds is 2. The van der Waals surface area contributed by atoms with Crippen LogP contribution in [0.4, 0.5) is 0 Å². The zero-order chi connectivity index (χ0) is 14.2. The molecule has 0 aliphatic carbocycles. The summed E-state index contributed by atoms with van der Waals surface area (Å²) >= 11 is 0. The Labute approximate surface area is 123 Å². The van der Waals surface area contributed by atoms with E-state index in [1.54, 1.807) is 11.0 Å². The molecule has 0 aromatic carbocycles. The molecule has 0 radical (unpaired) electrons. The molecule has 1 aromatic heterocycles. The van der Waals surface area contributed by atoms with Gasteiger partial charge in [0.15, 0.2) is 0 Å². The van der Waals surface area contributed by atoms with Crippen molar-refractivity contribution in [2.45, 2.75) is 73.6 Å². The second-order valence-electron chi connectivity index (χ2n) is 13.5.